The van der Waals surface area contributed by atoms with Gasteiger partial charge in [-0.15, -0.1) is 0 Å². The molecule has 0 fully saturated rings. The van der Waals surface area contributed by atoms with Crippen molar-refractivity contribution in [2.45, 2.75) is 0 Å². The summed E-state index contributed by atoms with van der Waals surface area (Å²) < 4.78 is 25.7. The number of fused-ring (bicyclic) bond motifs is 8. The van der Waals surface area contributed by atoms with Crippen LogP contribution in [0.4, 0.5) is 0 Å². The predicted octanol–water partition coefficient (Wildman–Crippen LogP) is 9.48. The third-order valence-corrected chi connectivity index (χ3v) is 8.54. The number of rotatable bonds is 4. The van der Waals surface area contributed by atoms with Crippen LogP contribution in [0, 0.1) is 0 Å². The summed E-state index contributed by atoms with van der Waals surface area (Å²) in [4.78, 5) is 0. The van der Waals surface area contributed by atoms with Gasteiger partial charge in [0.15, 0.2) is 0 Å². The van der Waals surface area contributed by atoms with E-state index in [0.717, 1.165) is 53.9 Å². The van der Waals surface area contributed by atoms with Crippen molar-refractivity contribution < 1.29 is 13.3 Å². The van der Waals surface area contributed by atoms with Crippen molar-refractivity contribution in [3.63, 3.8) is 0 Å². The van der Waals surface area contributed by atoms with Gasteiger partial charge in [0.1, 0.15) is 11.5 Å². The molecule has 0 radical (unpaired) electrons. The first-order valence-corrected chi connectivity index (χ1v) is 14.5. The fourth-order valence-electron chi connectivity index (χ4n) is 5.90. The van der Waals surface area contributed by atoms with E-state index in [1.807, 2.05) is 48.5 Å². The Hall–Kier alpha value is -5.06. The van der Waals surface area contributed by atoms with Crippen molar-refractivity contribution in [3.8, 4) is 11.5 Å². The molecule has 0 unspecified atom stereocenters. The smallest absolute Gasteiger partial charge is 0.458 e. The summed E-state index contributed by atoms with van der Waals surface area (Å²) >= 11 is 0. The molecular weight excluding hydrogens is 508 g/mol. The summed E-state index contributed by atoms with van der Waals surface area (Å²) in [6.45, 7) is 0. The second-order valence-electron chi connectivity index (χ2n) is 10.1. The topological polar surface area (TPSA) is 35.5 Å². The first kappa shape index (κ1) is 22.9. The van der Waals surface area contributed by atoms with Crippen LogP contribution >= 0.6 is 0 Å². The highest BCUT2D eigenvalue weighted by Crippen LogP contribution is 2.37. The Morgan fingerprint density at radius 3 is 1.20 bits per heavy atom. The van der Waals surface area contributed by atoms with E-state index in [9.17, 15) is 4.46 Å². The molecule has 0 saturated carbocycles. The molecule has 8 rings (SSSR count). The van der Waals surface area contributed by atoms with Crippen LogP contribution in [0.15, 0.2) is 133 Å². The standard InChI is InChI=1S/C36H22O3Si/c37-40(38-33-13-5-11-23-15-17-29-19-25-7-1-3-9-27(25)21-31(29)35(23)33)39-34-14-6-12-24-16-18-30-20-26-8-2-4-10-28(26)22-32(30)36(24)34/h1-22H. The van der Waals surface area contributed by atoms with Crippen molar-refractivity contribution in [3.05, 3.63) is 133 Å². The lowest BCUT2D eigenvalue weighted by atomic mass is 9.98. The summed E-state index contributed by atoms with van der Waals surface area (Å²) in [6, 6.07) is 45.5. The fraction of sp³-hybridized carbons (Fsp3) is 0. The quantitative estimate of drug-likeness (QED) is 0.129. The zero-order valence-electron chi connectivity index (χ0n) is 21.4. The van der Waals surface area contributed by atoms with E-state index in [-0.39, 0.29) is 0 Å². The van der Waals surface area contributed by atoms with Gasteiger partial charge >= 0.3 is 9.17 Å². The molecule has 0 heterocycles. The Kier molecular flexibility index (Phi) is 5.15. The molecule has 0 saturated heterocycles. The van der Waals surface area contributed by atoms with Crippen LogP contribution in [0.2, 0.25) is 0 Å². The van der Waals surface area contributed by atoms with Gasteiger partial charge in [-0.1, -0.05) is 97.1 Å². The molecule has 0 spiro atoms. The number of benzene rings is 8. The zero-order chi connectivity index (χ0) is 26.6. The molecule has 0 aliphatic heterocycles. The van der Waals surface area contributed by atoms with Crippen LogP contribution in [0.25, 0.3) is 64.6 Å². The van der Waals surface area contributed by atoms with Gasteiger partial charge in [-0.2, -0.15) is 0 Å². The molecule has 0 atom stereocenters. The lowest BCUT2D eigenvalue weighted by molar-refractivity contribution is 0.350. The highest BCUT2D eigenvalue weighted by molar-refractivity contribution is 6.30. The second kappa shape index (κ2) is 9.01. The lowest BCUT2D eigenvalue weighted by Gasteiger charge is -2.13. The van der Waals surface area contributed by atoms with Gasteiger partial charge in [-0.25, -0.2) is 0 Å². The molecular formula is C36H22O3Si. The van der Waals surface area contributed by atoms with Crippen molar-refractivity contribution in [1.29, 1.82) is 0 Å². The first-order chi connectivity index (χ1) is 19.7. The molecule has 188 valence electrons. The Labute approximate surface area is 231 Å². The van der Waals surface area contributed by atoms with E-state index in [2.05, 4.69) is 84.9 Å². The summed E-state index contributed by atoms with van der Waals surface area (Å²) in [5.41, 5.74) is 0. The van der Waals surface area contributed by atoms with Crippen LogP contribution in [-0.4, -0.2) is 9.17 Å². The third-order valence-electron chi connectivity index (χ3n) is 7.76. The maximum absolute atomic E-state index is 13.5. The normalized spacial score (nSPS) is 11.6. The Balaban J connectivity index is 1.23. The van der Waals surface area contributed by atoms with E-state index < -0.39 is 9.17 Å². The van der Waals surface area contributed by atoms with Crippen molar-refractivity contribution in [2.24, 2.45) is 0 Å². The molecule has 0 amide bonds. The molecule has 0 bridgehead atoms. The lowest BCUT2D eigenvalue weighted by Crippen LogP contribution is -2.19. The highest BCUT2D eigenvalue weighted by atomic mass is 28.3. The first-order valence-electron chi connectivity index (χ1n) is 13.3. The molecule has 40 heavy (non-hydrogen) atoms. The largest absolute Gasteiger partial charge is 0.778 e. The molecule has 4 heteroatoms. The minimum atomic E-state index is -2.94. The number of hydrogen-bond donors (Lipinski definition) is 0. The van der Waals surface area contributed by atoms with Crippen LogP contribution in [0.5, 0.6) is 11.5 Å². The zero-order valence-corrected chi connectivity index (χ0v) is 22.4. The molecule has 0 N–H and O–H groups in total. The van der Waals surface area contributed by atoms with Gasteiger partial charge in [0.05, 0.1) is 0 Å². The Bertz CT molecular complexity index is 2140. The number of hydrogen-bond acceptors (Lipinski definition) is 3. The van der Waals surface area contributed by atoms with Gasteiger partial charge in [0.25, 0.3) is 0 Å². The van der Waals surface area contributed by atoms with Gasteiger partial charge in [0.2, 0.25) is 0 Å². The van der Waals surface area contributed by atoms with E-state index >= 15 is 0 Å². The second-order valence-corrected chi connectivity index (χ2v) is 11.0. The van der Waals surface area contributed by atoms with Gasteiger partial charge < -0.3 is 8.85 Å². The average molecular weight is 531 g/mol. The fourth-order valence-corrected chi connectivity index (χ4v) is 6.65. The molecule has 0 aromatic heterocycles. The van der Waals surface area contributed by atoms with Crippen molar-refractivity contribution in [1.82, 2.24) is 0 Å². The van der Waals surface area contributed by atoms with E-state index in [4.69, 9.17) is 8.85 Å². The Morgan fingerprint density at radius 2 is 0.750 bits per heavy atom. The van der Waals surface area contributed by atoms with Gasteiger partial charge in [0, 0.05) is 10.8 Å². The van der Waals surface area contributed by atoms with Crippen molar-refractivity contribution in [2.75, 3.05) is 0 Å². The van der Waals surface area contributed by atoms with Crippen LogP contribution < -0.4 is 8.85 Å². The molecule has 8 aromatic rings. The molecule has 0 aliphatic carbocycles. The Morgan fingerprint density at radius 1 is 0.375 bits per heavy atom. The summed E-state index contributed by atoms with van der Waals surface area (Å²) in [5.74, 6) is 1.11. The summed E-state index contributed by atoms with van der Waals surface area (Å²) in [5, 5.41) is 12.9. The van der Waals surface area contributed by atoms with E-state index in [1.54, 1.807) is 0 Å². The van der Waals surface area contributed by atoms with E-state index in [0.29, 0.717) is 11.5 Å². The predicted molar refractivity (Wildman–Crippen MR) is 166 cm³/mol. The minimum absolute atomic E-state index is 0.554. The maximum Gasteiger partial charge on any atom is 0.778 e. The summed E-state index contributed by atoms with van der Waals surface area (Å²) in [7, 11) is -2.94. The van der Waals surface area contributed by atoms with Crippen molar-refractivity contribution >= 4 is 73.8 Å². The van der Waals surface area contributed by atoms with Crippen LogP contribution in [-0.2, 0) is 4.46 Å². The van der Waals surface area contributed by atoms with Crippen LogP contribution in [0.3, 0.4) is 0 Å². The SMILES string of the molecule is O=[Si](Oc1cccc2ccc3cc4ccccc4cc3c12)Oc1cccc2ccc3cc4ccccc4cc3c12. The maximum atomic E-state index is 13.5. The summed E-state index contributed by atoms with van der Waals surface area (Å²) in [6.07, 6.45) is 0. The monoisotopic (exact) mass is 530 g/mol. The van der Waals surface area contributed by atoms with E-state index in [1.165, 1.54) is 10.8 Å². The molecule has 0 aliphatic rings. The minimum Gasteiger partial charge on any atom is -0.458 e. The van der Waals surface area contributed by atoms with Gasteiger partial charge in [-0.3, -0.25) is 4.46 Å². The molecule has 8 aromatic carbocycles. The average Bonchev–Trinajstić information content (AvgIpc) is 2.99. The highest BCUT2D eigenvalue weighted by Gasteiger charge is 2.19. The van der Waals surface area contributed by atoms with Crippen LogP contribution in [0.1, 0.15) is 0 Å². The molecule has 3 nitrogen and oxygen atoms in total. The van der Waals surface area contributed by atoms with Gasteiger partial charge in [-0.05, 0) is 90.3 Å². The third kappa shape index (κ3) is 3.73.